The van der Waals surface area contributed by atoms with Crippen LogP contribution in [-0.2, 0) is 9.59 Å². The summed E-state index contributed by atoms with van der Waals surface area (Å²) in [5.74, 6) is -0.268. The molecule has 0 spiro atoms. The van der Waals surface area contributed by atoms with Crippen LogP contribution in [0, 0.1) is 6.92 Å². The van der Waals surface area contributed by atoms with Gasteiger partial charge in [-0.25, -0.2) is 0 Å². The summed E-state index contributed by atoms with van der Waals surface area (Å²) in [5.41, 5.74) is 1.82. The first-order valence-electron chi connectivity index (χ1n) is 6.58. The lowest BCUT2D eigenvalue weighted by atomic mass is 10.2. The second-order valence-electron chi connectivity index (χ2n) is 4.82. The molecular formula is C15H22N2O2. The molecule has 0 aromatic heterocycles. The number of nitrogens with one attached hydrogen (secondary N) is 1. The number of nitrogens with zero attached hydrogens (tertiary/aromatic N) is 1. The van der Waals surface area contributed by atoms with Crippen molar-refractivity contribution in [3.63, 3.8) is 0 Å². The predicted molar refractivity (Wildman–Crippen MR) is 77.1 cm³/mol. The Morgan fingerprint density at radius 1 is 1.37 bits per heavy atom. The molecule has 0 aliphatic heterocycles. The zero-order valence-corrected chi connectivity index (χ0v) is 12.1. The predicted octanol–water partition coefficient (Wildman–Crippen LogP) is 2.26. The molecule has 2 amide bonds. The molecule has 19 heavy (non-hydrogen) atoms. The Labute approximate surface area is 114 Å². The maximum atomic E-state index is 11.9. The van der Waals surface area contributed by atoms with E-state index in [0.29, 0.717) is 0 Å². The average molecular weight is 262 g/mol. The van der Waals surface area contributed by atoms with Gasteiger partial charge in [0.15, 0.2) is 0 Å². The van der Waals surface area contributed by atoms with Gasteiger partial charge in [0.1, 0.15) is 6.54 Å². The zero-order chi connectivity index (χ0) is 14.4. The molecule has 0 saturated heterocycles. The van der Waals surface area contributed by atoms with Crippen molar-refractivity contribution >= 4 is 17.5 Å². The number of anilines is 1. The highest BCUT2D eigenvalue weighted by Gasteiger charge is 2.16. The molecule has 1 aromatic rings. The third-order valence-corrected chi connectivity index (χ3v) is 3.01. The van der Waals surface area contributed by atoms with Gasteiger partial charge in [-0.1, -0.05) is 19.1 Å². The van der Waals surface area contributed by atoms with Crippen LogP contribution in [-0.4, -0.2) is 24.4 Å². The molecule has 0 radical (unpaired) electrons. The van der Waals surface area contributed by atoms with E-state index in [1.54, 1.807) is 0 Å². The maximum Gasteiger partial charge on any atom is 0.240 e. The summed E-state index contributed by atoms with van der Waals surface area (Å²) in [6.45, 7) is 7.44. The molecule has 1 N–H and O–H groups in total. The van der Waals surface area contributed by atoms with Crippen LogP contribution in [0.25, 0.3) is 0 Å². The van der Waals surface area contributed by atoms with E-state index in [9.17, 15) is 9.59 Å². The minimum absolute atomic E-state index is 0.0587. The summed E-state index contributed by atoms with van der Waals surface area (Å²) >= 11 is 0. The van der Waals surface area contributed by atoms with E-state index in [4.69, 9.17) is 0 Å². The molecule has 104 valence electrons. The molecule has 1 rings (SSSR count). The highest BCUT2D eigenvalue weighted by molar-refractivity contribution is 5.97. The second kappa shape index (κ2) is 6.92. The van der Waals surface area contributed by atoms with E-state index in [-0.39, 0.29) is 24.4 Å². The van der Waals surface area contributed by atoms with Gasteiger partial charge < -0.3 is 10.2 Å². The van der Waals surface area contributed by atoms with Crippen LogP contribution in [0.5, 0.6) is 0 Å². The van der Waals surface area contributed by atoms with Crippen molar-refractivity contribution < 1.29 is 9.59 Å². The molecule has 0 aliphatic rings. The van der Waals surface area contributed by atoms with Crippen molar-refractivity contribution in [2.75, 3.05) is 11.4 Å². The van der Waals surface area contributed by atoms with Gasteiger partial charge in [0.25, 0.3) is 0 Å². The summed E-state index contributed by atoms with van der Waals surface area (Å²) in [5, 5.41) is 2.87. The monoisotopic (exact) mass is 262 g/mol. The van der Waals surface area contributed by atoms with Crippen LogP contribution in [0.2, 0.25) is 0 Å². The molecule has 1 aromatic carbocycles. The normalized spacial score (nSPS) is 11.8. The smallest absolute Gasteiger partial charge is 0.240 e. The minimum Gasteiger partial charge on any atom is -0.352 e. The summed E-state index contributed by atoms with van der Waals surface area (Å²) in [4.78, 5) is 25.1. The number of carbonyl (C=O) groups is 2. The van der Waals surface area contributed by atoms with E-state index in [2.05, 4.69) is 5.32 Å². The molecule has 4 heteroatoms. The number of rotatable bonds is 5. The third-order valence-electron chi connectivity index (χ3n) is 3.01. The molecule has 0 saturated carbocycles. The summed E-state index contributed by atoms with van der Waals surface area (Å²) < 4.78 is 0. The molecule has 0 heterocycles. The van der Waals surface area contributed by atoms with E-state index in [0.717, 1.165) is 17.7 Å². The molecule has 0 fully saturated rings. The first-order valence-corrected chi connectivity index (χ1v) is 6.58. The van der Waals surface area contributed by atoms with Crippen LogP contribution in [0.3, 0.4) is 0 Å². The molecular weight excluding hydrogens is 240 g/mol. The number of benzene rings is 1. The van der Waals surface area contributed by atoms with E-state index < -0.39 is 0 Å². The van der Waals surface area contributed by atoms with Crippen LogP contribution in [0.1, 0.15) is 32.8 Å². The molecule has 1 atom stereocenters. The molecule has 1 unspecified atom stereocenters. The summed E-state index contributed by atoms with van der Waals surface area (Å²) in [6, 6.07) is 7.70. The van der Waals surface area contributed by atoms with Gasteiger partial charge in [0.2, 0.25) is 11.8 Å². The van der Waals surface area contributed by atoms with Crippen molar-refractivity contribution in [3.8, 4) is 0 Å². The lowest BCUT2D eigenvalue weighted by Crippen LogP contribution is -2.42. The van der Waals surface area contributed by atoms with Crippen LogP contribution in [0.15, 0.2) is 24.3 Å². The Morgan fingerprint density at radius 2 is 2.05 bits per heavy atom. The van der Waals surface area contributed by atoms with Crippen molar-refractivity contribution in [2.45, 2.75) is 40.2 Å². The fourth-order valence-corrected chi connectivity index (χ4v) is 1.75. The van der Waals surface area contributed by atoms with Crippen molar-refractivity contribution in [3.05, 3.63) is 29.8 Å². The number of hydrogen-bond acceptors (Lipinski definition) is 2. The van der Waals surface area contributed by atoms with Crippen molar-refractivity contribution in [1.29, 1.82) is 0 Å². The standard InChI is InChI=1S/C15H22N2O2/c1-5-12(3)16-15(19)10-17(13(4)18)14-8-6-7-11(2)9-14/h6-9,12H,5,10H2,1-4H3,(H,16,19). The Balaban J connectivity index is 2.79. The maximum absolute atomic E-state index is 11.9. The first kappa shape index (κ1) is 15.2. The lowest BCUT2D eigenvalue weighted by Gasteiger charge is -2.22. The van der Waals surface area contributed by atoms with Gasteiger partial charge in [0, 0.05) is 18.7 Å². The average Bonchev–Trinajstić information content (AvgIpc) is 2.35. The fraction of sp³-hybridized carbons (Fsp3) is 0.467. The Morgan fingerprint density at radius 3 is 2.58 bits per heavy atom. The largest absolute Gasteiger partial charge is 0.352 e. The number of aryl methyl sites for hydroxylation is 1. The molecule has 0 aliphatic carbocycles. The van der Waals surface area contributed by atoms with Crippen LogP contribution >= 0.6 is 0 Å². The quantitative estimate of drug-likeness (QED) is 0.885. The fourth-order valence-electron chi connectivity index (χ4n) is 1.75. The number of hydrogen-bond donors (Lipinski definition) is 1. The van der Waals surface area contributed by atoms with E-state index >= 15 is 0 Å². The highest BCUT2D eigenvalue weighted by atomic mass is 16.2. The van der Waals surface area contributed by atoms with E-state index in [1.807, 2.05) is 45.0 Å². The summed E-state index contributed by atoms with van der Waals surface area (Å²) in [7, 11) is 0. The van der Waals surface area contributed by atoms with Crippen LogP contribution < -0.4 is 10.2 Å². The van der Waals surface area contributed by atoms with Gasteiger partial charge in [-0.05, 0) is 38.0 Å². The van der Waals surface area contributed by atoms with Gasteiger partial charge >= 0.3 is 0 Å². The molecule has 0 bridgehead atoms. The van der Waals surface area contributed by atoms with Gasteiger partial charge in [-0.2, -0.15) is 0 Å². The highest BCUT2D eigenvalue weighted by Crippen LogP contribution is 2.15. The zero-order valence-electron chi connectivity index (χ0n) is 12.1. The Hall–Kier alpha value is -1.84. The van der Waals surface area contributed by atoms with Crippen LogP contribution in [0.4, 0.5) is 5.69 Å². The molecule has 4 nitrogen and oxygen atoms in total. The lowest BCUT2D eigenvalue weighted by molar-refractivity contribution is -0.123. The van der Waals surface area contributed by atoms with E-state index in [1.165, 1.54) is 11.8 Å². The third kappa shape index (κ3) is 4.73. The first-order chi connectivity index (χ1) is 8.93. The number of carbonyl (C=O) groups excluding carboxylic acids is 2. The SMILES string of the molecule is CCC(C)NC(=O)CN(C(C)=O)c1cccc(C)c1. The Bertz CT molecular complexity index is 457. The van der Waals surface area contributed by atoms with Gasteiger partial charge in [0.05, 0.1) is 0 Å². The minimum atomic E-state index is -0.134. The summed E-state index contributed by atoms with van der Waals surface area (Å²) in [6.07, 6.45) is 0.871. The van der Waals surface area contributed by atoms with Crippen molar-refractivity contribution in [2.24, 2.45) is 0 Å². The Kier molecular flexibility index (Phi) is 5.55. The number of amides is 2. The van der Waals surface area contributed by atoms with Gasteiger partial charge in [-0.15, -0.1) is 0 Å². The van der Waals surface area contributed by atoms with Crippen molar-refractivity contribution in [1.82, 2.24) is 5.32 Å². The van der Waals surface area contributed by atoms with Gasteiger partial charge in [-0.3, -0.25) is 9.59 Å². The topological polar surface area (TPSA) is 49.4 Å². The second-order valence-corrected chi connectivity index (χ2v) is 4.82.